The van der Waals surface area contributed by atoms with Crippen LogP contribution in [0.5, 0.6) is 0 Å². The molecule has 1 rings (SSSR count). The van der Waals surface area contributed by atoms with Crippen LogP contribution in [0.2, 0.25) is 0 Å². The number of esters is 1. The second-order valence-corrected chi connectivity index (χ2v) is 8.05. The molecule has 0 bridgehead atoms. The van der Waals surface area contributed by atoms with Crippen molar-refractivity contribution in [1.82, 2.24) is 0 Å². The lowest BCUT2D eigenvalue weighted by Crippen LogP contribution is -2.59. The molecule has 184 valence electrons. The molecule has 9 nitrogen and oxygen atoms in total. The van der Waals surface area contributed by atoms with Crippen molar-refractivity contribution in [3.63, 3.8) is 0 Å². The van der Waals surface area contributed by atoms with E-state index in [0.717, 1.165) is 12.8 Å². The van der Waals surface area contributed by atoms with Gasteiger partial charge in [0.05, 0.1) is 19.8 Å². The van der Waals surface area contributed by atoms with Gasteiger partial charge in [-0.15, -0.1) is 0 Å². The quantitative estimate of drug-likeness (QED) is 0.191. The number of carbonyl (C=O) groups excluding carboxylic acids is 1. The van der Waals surface area contributed by atoms with Crippen molar-refractivity contribution in [1.29, 1.82) is 0 Å². The minimum absolute atomic E-state index is 0.119. The number of aliphatic hydroxyl groups is 4. The van der Waals surface area contributed by atoms with E-state index in [1.54, 1.807) is 6.92 Å². The lowest BCUT2D eigenvalue weighted by Gasteiger charge is -2.39. The van der Waals surface area contributed by atoms with Crippen LogP contribution in [0.4, 0.5) is 0 Å². The third-order valence-corrected chi connectivity index (χ3v) is 5.33. The molecule has 0 spiro atoms. The van der Waals surface area contributed by atoms with Crippen molar-refractivity contribution < 1.29 is 44.2 Å². The van der Waals surface area contributed by atoms with Gasteiger partial charge in [0.25, 0.3) is 0 Å². The predicted molar refractivity (Wildman–Crippen MR) is 113 cm³/mol. The number of hydrogen-bond acceptors (Lipinski definition) is 9. The maximum Gasteiger partial charge on any atom is 0.305 e. The molecule has 1 aliphatic heterocycles. The van der Waals surface area contributed by atoms with Gasteiger partial charge in [-0.3, -0.25) is 4.79 Å². The molecule has 1 aliphatic rings. The average Bonchev–Trinajstić information content (AvgIpc) is 2.77. The fourth-order valence-electron chi connectivity index (χ4n) is 3.35. The third kappa shape index (κ3) is 11.1. The van der Waals surface area contributed by atoms with Crippen LogP contribution in [0.15, 0.2) is 0 Å². The van der Waals surface area contributed by atoms with Gasteiger partial charge in [-0.2, -0.15) is 0 Å². The molecular weight excluding hydrogens is 408 g/mol. The van der Waals surface area contributed by atoms with E-state index in [2.05, 4.69) is 6.92 Å². The minimum atomic E-state index is -1.52. The zero-order valence-corrected chi connectivity index (χ0v) is 19.0. The summed E-state index contributed by atoms with van der Waals surface area (Å²) >= 11 is 0. The number of carbonyl (C=O) groups is 1. The summed E-state index contributed by atoms with van der Waals surface area (Å²) in [6.07, 6.45) is 2.25. The topological polar surface area (TPSA) is 135 Å². The highest BCUT2D eigenvalue weighted by Gasteiger charge is 2.44. The Morgan fingerprint density at radius 2 is 1.55 bits per heavy atom. The molecule has 0 saturated carbocycles. The number of aliphatic hydroxyl groups excluding tert-OH is 4. The summed E-state index contributed by atoms with van der Waals surface area (Å²) in [5, 5.41) is 39.0. The Morgan fingerprint density at radius 3 is 2.16 bits per heavy atom. The summed E-state index contributed by atoms with van der Waals surface area (Å²) < 4.78 is 21.8. The first-order valence-electron chi connectivity index (χ1n) is 11.6. The van der Waals surface area contributed by atoms with Crippen LogP contribution in [0.1, 0.15) is 71.6 Å². The third-order valence-electron chi connectivity index (χ3n) is 5.33. The van der Waals surface area contributed by atoms with Crippen LogP contribution in [0.3, 0.4) is 0 Å². The Hall–Kier alpha value is -0.810. The van der Waals surface area contributed by atoms with Gasteiger partial charge < -0.3 is 39.4 Å². The largest absolute Gasteiger partial charge is 0.457 e. The van der Waals surface area contributed by atoms with E-state index >= 15 is 0 Å². The Morgan fingerprint density at radius 1 is 0.903 bits per heavy atom. The van der Waals surface area contributed by atoms with Gasteiger partial charge in [-0.25, -0.2) is 0 Å². The molecule has 1 fully saturated rings. The van der Waals surface area contributed by atoms with E-state index in [4.69, 9.17) is 18.9 Å². The lowest BCUT2D eigenvalue weighted by atomic mass is 9.99. The van der Waals surface area contributed by atoms with Gasteiger partial charge in [-0.05, 0) is 6.42 Å². The number of ether oxygens (including phenoxy) is 4. The van der Waals surface area contributed by atoms with Crippen LogP contribution in [0.25, 0.3) is 0 Å². The van der Waals surface area contributed by atoms with Crippen LogP contribution in [-0.2, 0) is 23.7 Å². The molecule has 6 atom stereocenters. The zero-order valence-electron chi connectivity index (χ0n) is 19.0. The Labute approximate surface area is 185 Å². The van der Waals surface area contributed by atoms with E-state index in [-0.39, 0.29) is 19.6 Å². The van der Waals surface area contributed by atoms with Crippen molar-refractivity contribution in [3.05, 3.63) is 0 Å². The van der Waals surface area contributed by atoms with Gasteiger partial charge in [0.1, 0.15) is 30.5 Å². The van der Waals surface area contributed by atoms with Crippen LogP contribution >= 0.6 is 0 Å². The highest BCUT2D eigenvalue weighted by molar-refractivity contribution is 5.69. The van der Waals surface area contributed by atoms with E-state index in [0.29, 0.717) is 6.61 Å². The summed E-state index contributed by atoms with van der Waals surface area (Å²) in [5.74, 6) is -0.405. The Bertz CT molecular complexity index is 460. The van der Waals surface area contributed by atoms with Crippen molar-refractivity contribution in [2.75, 3.05) is 26.4 Å². The van der Waals surface area contributed by atoms with Crippen molar-refractivity contribution in [3.8, 4) is 0 Å². The van der Waals surface area contributed by atoms with Gasteiger partial charge in [0.15, 0.2) is 6.29 Å². The second-order valence-electron chi connectivity index (χ2n) is 8.05. The number of rotatable bonds is 17. The van der Waals surface area contributed by atoms with E-state index in [1.807, 2.05) is 0 Å². The Balaban J connectivity index is 2.34. The minimum Gasteiger partial charge on any atom is -0.457 e. The molecular formula is C22H42O9. The first kappa shape index (κ1) is 28.2. The van der Waals surface area contributed by atoms with Gasteiger partial charge in [-0.1, -0.05) is 58.8 Å². The molecule has 31 heavy (non-hydrogen) atoms. The fraction of sp³-hybridized carbons (Fsp3) is 0.955. The van der Waals surface area contributed by atoms with Crippen LogP contribution < -0.4 is 0 Å². The Kier molecular flexibility index (Phi) is 15.3. The summed E-state index contributed by atoms with van der Waals surface area (Å²) in [4.78, 5) is 11.7. The molecule has 0 amide bonds. The summed E-state index contributed by atoms with van der Waals surface area (Å²) in [6.45, 7) is 3.91. The van der Waals surface area contributed by atoms with E-state index in [1.165, 1.54) is 38.5 Å². The number of hydrogen-bond donors (Lipinski definition) is 4. The summed E-state index contributed by atoms with van der Waals surface area (Å²) in [5.41, 5.74) is 0. The maximum absolute atomic E-state index is 11.7. The second kappa shape index (κ2) is 16.8. The highest BCUT2D eigenvalue weighted by atomic mass is 16.7. The van der Waals surface area contributed by atoms with Crippen LogP contribution in [-0.4, -0.2) is 89.6 Å². The lowest BCUT2D eigenvalue weighted by molar-refractivity contribution is -0.305. The van der Waals surface area contributed by atoms with E-state index in [9.17, 15) is 25.2 Å². The molecule has 0 aromatic carbocycles. The first-order valence-corrected chi connectivity index (χ1v) is 11.6. The molecule has 4 N–H and O–H groups in total. The molecule has 0 aromatic heterocycles. The summed E-state index contributed by atoms with van der Waals surface area (Å²) in [6, 6.07) is 0. The molecule has 0 aromatic rings. The SMILES string of the molecule is CCCCCCCCCCOCC(COC1OC(CO)C(O)C(O)C1O)OC(=O)CC. The van der Waals surface area contributed by atoms with Crippen LogP contribution in [0, 0.1) is 0 Å². The normalized spacial score (nSPS) is 27.2. The number of unbranched alkanes of at least 4 members (excludes halogenated alkanes) is 7. The van der Waals surface area contributed by atoms with Gasteiger partial charge >= 0.3 is 5.97 Å². The van der Waals surface area contributed by atoms with Crippen molar-refractivity contribution in [2.24, 2.45) is 0 Å². The molecule has 9 heteroatoms. The maximum atomic E-state index is 11.7. The summed E-state index contributed by atoms with van der Waals surface area (Å²) in [7, 11) is 0. The van der Waals surface area contributed by atoms with Gasteiger partial charge in [0.2, 0.25) is 0 Å². The average molecular weight is 451 g/mol. The zero-order chi connectivity index (χ0) is 23.1. The highest BCUT2D eigenvalue weighted by Crippen LogP contribution is 2.22. The molecule has 6 unspecified atom stereocenters. The standard InChI is InChI=1S/C22H42O9/c1-3-5-6-7-8-9-10-11-12-28-14-16(30-18(24)4-2)15-29-22-21(27)20(26)19(25)17(13-23)31-22/h16-17,19-23,25-27H,3-15H2,1-2H3. The van der Waals surface area contributed by atoms with Gasteiger partial charge in [0, 0.05) is 13.0 Å². The predicted octanol–water partition coefficient (Wildman–Crippen LogP) is 1.28. The van der Waals surface area contributed by atoms with Crippen molar-refractivity contribution in [2.45, 2.75) is 108 Å². The fourth-order valence-corrected chi connectivity index (χ4v) is 3.35. The molecule has 0 aliphatic carbocycles. The van der Waals surface area contributed by atoms with E-state index < -0.39 is 49.4 Å². The molecule has 0 radical (unpaired) electrons. The first-order chi connectivity index (χ1) is 14.9. The molecule has 1 heterocycles. The smallest absolute Gasteiger partial charge is 0.305 e. The monoisotopic (exact) mass is 450 g/mol. The molecule has 1 saturated heterocycles. The van der Waals surface area contributed by atoms with Crippen molar-refractivity contribution >= 4 is 5.97 Å².